The van der Waals surface area contributed by atoms with Crippen LogP contribution in [0, 0.1) is 0 Å². The SMILES string of the molecule is CC1(C)CCC(C)(C)c2cc(-c3nc(-c4ccc5c(c4)oc4ccccc45)nc(-c4cc(CC5(C)CCC(C)(C)c6ccc(-c7nc(-c8ccc9oc%10ccccc%10c9c8)nc(-c8ccc9sc%10ccccc%10c9c8)n7)cc65)cc5c4oc4ccccc45)n3)ccc21. The van der Waals surface area contributed by atoms with Gasteiger partial charge in [-0.15, -0.1) is 11.3 Å². The summed E-state index contributed by atoms with van der Waals surface area (Å²) in [4.78, 5) is 32.6. The van der Waals surface area contributed by atoms with Crippen LogP contribution in [-0.2, 0) is 28.1 Å². The Morgan fingerprint density at radius 2 is 0.750 bits per heavy atom. The first-order chi connectivity index (χ1) is 44.6. The van der Waals surface area contributed by atoms with Crippen LogP contribution < -0.4 is 0 Å². The molecule has 16 aromatic rings. The van der Waals surface area contributed by atoms with E-state index in [9.17, 15) is 0 Å². The van der Waals surface area contributed by atoms with Crippen molar-refractivity contribution >= 4 is 97.3 Å². The van der Waals surface area contributed by atoms with Crippen LogP contribution >= 0.6 is 11.3 Å². The number of aromatic nitrogens is 6. The van der Waals surface area contributed by atoms with Crippen molar-refractivity contribution in [3.8, 4) is 68.3 Å². The van der Waals surface area contributed by atoms with E-state index in [1.807, 2.05) is 47.7 Å². The molecule has 0 fully saturated rings. The van der Waals surface area contributed by atoms with Crippen LogP contribution in [0.15, 0.2) is 213 Å². The van der Waals surface area contributed by atoms with Crippen molar-refractivity contribution in [3.63, 3.8) is 0 Å². The Morgan fingerprint density at radius 1 is 0.315 bits per heavy atom. The van der Waals surface area contributed by atoms with Crippen LogP contribution in [0.2, 0.25) is 0 Å². The fraction of sp³-hybridized carbons (Fsp3) is 0.195. The molecular formula is C82H64N6O3S. The second kappa shape index (κ2) is 19.9. The summed E-state index contributed by atoms with van der Waals surface area (Å²) in [5, 5.41) is 8.67. The molecule has 6 aromatic heterocycles. The molecule has 0 amide bonds. The molecule has 0 radical (unpaired) electrons. The molecule has 9 nitrogen and oxygen atoms in total. The fourth-order valence-corrected chi connectivity index (χ4v) is 16.3. The van der Waals surface area contributed by atoms with Gasteiger partial charge in [0.25, 0.3) is 0 Å². The normalized spacial score (nSPS) is 16.8. The minimum atomic E-state index is -0.330. The zero-order valence-corrected chi connectivity index (χ0v) is 53.2. The number of para-hydroxylation sites is 3. The molecule has 0 spiro atoms. The van der Waals surface area contributed by atoms with Crippen molar-refractivity contribution in [1.29, 1.82) is 0 Å². The first-order valence-corrected chi connectivity index (χ1v) is 32.9. The Kier molecular flexibility index (Phi) is 11.9. The van der Waals surface area contributed by atoms with E-state index >= 15 is 0 Å². The molecule has 92 heavy (non-hydrogen) atoms. The lowest BCUT2D eigenvalue weighted by atomic mass is 9.60. The molecule has 0 bridgehead atoms. The highest BCUT2D eigenvalue weighted by Crippen LogP contribution is 2.51. The molecule has 446 valence electrons. The summed E-state index contributed by atoms with van der Waals surface area (Å²) in [6.45, 7) is 16.7. The van der Waals surface area contributed by atoms with E-state index in [1.165, 1.54) is 42.4 Å². The molecule has 2 aliphatic carbocycles. The highest BCUT2D eigenvalue weighted by atomic mass is 32.1. The highest BCUT2D eigenvalue weighted by Gasteiger charge is 2.41. The van der Waals surface area contributed by atoms with Crippen LogP contribution in [0.5, 0.6) is 0 Å². The zero-order chi connectivity index (χ0) is 62.0. The number of nitrogens with zero attached hydrogens (tertiary/aromatic N) is 6. The van der Waals surface area contributed by atoms with Gasteiger partial charge in [0.2, 0.25) is 0 Å². The van der Waals surface area contributed by atoms with E-state index in [0.717, 1.165) is 137 Å². The number of hydrogen-bond donors (Lipinski definition) is 0. The third-order valence-corrected chi connectivity index (χ3v) is 21.8. The van der Waals surface area contributed by atoms with Crippen molar-refractivity contribution in [2.24, 2.45) is 0 Å². The molecule has 6 heterocycles. The lowest BCUT2D eigenvalue weighted by molar-refractivity contribution is 0.310. The maximum Gasteiger partial charge on any atom is 0.167 e. The standard InChI is InChI=1S/C82H64N6O3S/c1-79(2)34-35-81(5,6)63-42-49(25-30-61(63)79)76-86-77(51-24-29-55-52-16-8-12-20-65(52)90-69(55)44-51)88-78(87-76)60-39-46(38-59-54-18-10-14-22-67(54)91-72(59)60)45-82(7)37-36-80(3,4)62-31-26-50(43-64(62)82)75-84-73(47-27-32-68-57(40-47)53-17-9-13-21-66(53)89-68)83-74(85-75)48-28-33-71-58(41-48)56-19-11-15-23-70(56)92-71/h8-33,38-44H,34-37,45H2,1-7H3. The number of furan rings is 3. The van der Waals surface area contributed by atoms with Crippen molar-refractivity contribution in [3.05, 3.63) is 228 Å². The third kappa shape index (κ3) is 8.77. The highest BCUT2D eigenvalue weighted by molar-refractivity contribution is 7.25. The van der Waals surface area contributed by atoms with Gasteiger partial charge >= 0.3 is 0 Å². The van der Waals surface area contributed by atoms with Gasteiger partial charge in [0.1, 0.15) is 33.5 Å². The van der Waals surface area contributed by atoms with Gasteiger partial charge in [-0.1, -0.05) is 152 Å². The van der Waals surface area contributed by atoms with Gasteiger partial charge in [0, 0.05) is 80.3 Å². The number of fused-ring (bicyclic) bond motifs is 14. The molecular weight excluding hydrogens is 1150 g/mol. The maximum atomic E-state index is 6.98. The van der Waals surface area contributed by atoms with E-state index in [1.54, 1.807) is 0 Å². The largest absolute Gasteiger partial charge is 0.456 e. The summed E-state index contributed by atoms with van der Waals surface area (Å²) in [7, 11) is 0. The monoisotopic (exact) mass is 1210 g/mol. The van der Waals surface area contributed by atoms with Gasteiger partial charge in [-0.25, -0.2) is 29.9 Å². The Balaban J connectivity index is 0.799. The molecule has 18 rings (SSSR count). The van der Waals surface area contributed by atoms with Crippen LogP contribution in [0.25, 0.3) is 154 Å². The predicted octanol–water partition coefficient (Wildman–Crippen LogP) is 22.0. The second-order valence-electron chi connectivity index (χ2n) is 28.1. The van der Waals surface area contributed by atoms with E-state index in [0.29, 0.717) is 34.9 Å². The summed E-state index contributed by atoms with van der Waals surface area (Å²) in [5.41, 5.74) is 16.3. The summed E-state index contributed by atoms with van der Waals surface area (Å²) < 4.78 is 22.3. The number of thiophene rings is 1. The van der Waals surface area contributed by atoms with E-state index < -0.39 is 0 Å². The molecule has 0 saturated heterocycles. The smallest absolute Gasteiger partial charge is 0.167 e. The molecule has 1 unspecified atom stereocenters. The summed E-state index contributed by atoms with van der Waals surface area (Å²) in [6.07, 6.45) is 4.90. The molecule has 0 aliphatic heterocycles. The van der Waals surface area contributed by atoms with Crippen molar-refractivity contribution in [1.82, 2.24) is 29.9 Å². The van der Waals surface area contributed by atoms with Gasteiger partial charge < -0.3 is 13.3 Å². The molecule has 1 atom stereocenters. The van der Waals surface area contributed by atoms with Crippen molar-refractivity contribution in [2.75, 3.05) is 0 Å². The van der Waals surface area contributed by atoms with Crippen LogP contribution in [0.1, 0.15) is 102 Å². The van der Waals surface area contributed by atoms with Gasteiger partial charge in [0.15, 0.2) is 34.9 Å². The average Bonchev–Trinajstić information content (AvgIpc) is 0.915. The summed E-state index contributed by atoms with van der Waals surface area (Å²) >= 11 is 1.81. The van der Waals surface area contributed by atoms with Crippen LogP contribution in [0.3, 0.4) is 0 Å². The molecule has 0 N–H and O–H groups in total. The fourth-order valence-electron chi connectivity index (χ4n) is 15.3. The Morgan fingerprint density at radius 3 is 1.41 bits per heavy atom. The van der Waals surface area contributed by atoms with Gasteiger partial charge in [-0.05, 0) is 179 Å². The molecule has 0 saturated carbocycles. The maximum absolute atomic E-state index is 6.98. The summed E-state index contributed by atoms with van der Waals surface area (Å²) in [5.74, 6) is 3.54. The zero-order valence-electron chi connectivity index (χ0n) is 52.4. The molecule has 10 aromatic carbocycles. The average molecular weight is 1210 g/mol. The number of hydrogen-bond acceptors (Lipinski definition) is 10. The van der Waals surface area contributed by atoms with Crippen LogP contribution in [-0.4, -0.2) is 29.9 Å². The first-order valence-electron chi connectivity index (χ1n) is 32.1. The third-order valence-electron chi connectivity index (χ3n) is 20.6. The molecule has 10 heteroatoms. The molecule has 2 aliphatic rings. The van der Waals surface area contributed by atoms with Gasteiger partial charge in [-0.3, -0.25) is 0 Å². The second-order valence-corrected chi connectivity index (χ2v) is 29.2. The minimum absolute atomic E-state index is 0.0241. The first kappa shape index (κ1) is 54.7. The van der Waals surface area contributed by atoms with Gasteiger partial charge in [-0.2, -0.15) is 0 Å². The lowest BCUT2D eigenvalue weighted by Gasteiger charge is -2.44. The van der Waals surface area contributed by atoms with Crippen molar-refractivity contribution in [2.45, 2.75) is 102 Å². The Hall–Kier alpha value is -10.2. The number of benzene rings is 10. The minimum Gasteiger partial charge on any atom is -0.456 e. The number of rotatable bonds is 8. The summed E-state index contributed by atoms with van der Waals surface area (Å²) in [6, 6.07) is 71.0. The Labute approximate surface area is 535 Å². The van der Waals surface area contributed by atoms with E-state index in [-0.39, 0.29) is 21.7 Å². The van der Waals surface area contributed by atoms with Crippen molar-refractivity contribution < 1.29 is 13.3 Å². The van der Waals surface area contributed by atoms with E-state index in [2.05, 4.69) is 212 Å². The van der Waals surface area contributed by atoms with Crippen LogP contribution in [0.4, 0.5) is 0 Å². The Bertz CT molecular complexity index is 5650. The van der Waals surface area contributed by atoms with E-state index in [4.69, 9.17) is 43.2 Å². The quantitative estimate of drug-likeness (QED) is 0.147. The lowest BCUT2D eigenvalue weighted by Crippen LogP contribution is -2.37. The predicted molar refractivity (Wildman–Crippen MR) is 376 cm³/mol. The topological polar surface area (TPSA) is 117 Å². The van der Waals surface area contributed by atoms with Gasteiger partial charge in [0.05, 0.1) is 5.56 Å².